The molecule has 1 aliphatic heterocycles. The van der Waals surface area contributed by atoms with Gasteiger partial charge >= 0.3 is 0 Å². The number of hydrogen-bond acceptors (Lipinski definition) is 4. The molecule has 6 nitrogen and oxygen atoms in total. The van der Waals surface area contributed by atoms with Crippen LogP contribution in [0.25, 0.3) is 0 Å². The minimum absolute atomic E-state index is 0.115. The van der Waals surface area contributed by atoms with Crippen LogP contribution in [0.2, 0.25) is 0 Å². The van der Waals surface area contributed by atoms with E-state index in [0.717, 1.165) is 0 Å². The van der Waals surface area contributed by atoms with E-state index in [0.29, 0.717) is 24.2 Å². The molecule has 2 unspecified atom stereocenters. The number of aliphatic hydroxyl groups is 1. The first kappa shape index (κ1) is 14.5. The molecule has 2 rings (SSSR count). The maximum atomic E-state index is 12.0. The van der Waals surface area contributed by atoms with E-state index in [9.17, 15) is 14.7 Å². The number of carbonyl (C=O) groups is 2. The van der Waals surface area contributed by atoms with Gasteiger partial charge in [-0.05, 0) is 24.6 Å². The molecule has 1 aliphatic rings. The first-order chi connectivity index (χ1) is 9.47. The molecule has 0 bridgehead atoms. The molecule has 2 amide bonds. The molecule has 1 aromatic carbocycles. The van der Waals surface area contributed by atoms with E-state index in [1.807, 2.05) is 0 Å². The van der Waals surface area contributed by atoms with Crippen molar-refractivity contribution in [1.29, 1.82) is 0 Å². The van der Waals surface area contributed by atoms with Crippen molar-refractivity contribution in [3.8, 4) is 0 Å². The third-order valence-electron chi connectivity index (χ3n) is 3.21. The standard InChI is InChI=1S/C14H19N3O3/c1-17(2)14(20)9-4-3-5-10(6-9)16-13(19)12-7-11(18)8-15-12/h3-6,11-12,15,18H,7-8H2,1-2H3,(H,16,19). The van der Waals surface area contributed by atoms with Gasteiger partial charge in [-0.25, -0.2) is 0 Å². The number of nitrogens with zero attached hydrogens (tertiary/aromatic N) is 1. The third-order valence-corrected chi connectivity index (χ3v) is 3.21. The highest BCUT2D eigenvalue weighted by atomic mass is 16.3. The van der Waals surface area contributed by atoms with Crippen molar-refractivity contribution >= 4 is 17.5 Å². The maximum absolute atomic E-state index is 12.0. The van der Waals surface area contributed by atoms with Gasteiger partial charge in [0.15, 0.2) is 0 Å². The summed E-state index contributed by atoms with van der Waals surface area (Å²) in [6.07, 6.45) is -0.0743. The van der Waals surface area contributed by atoms with Crippen LogP contribution in [0.1, 0.15) is 16.8 Å². The van der Waals surface area contributed by atoms with E-state index < -0.39 is 12.1 Å². The largest absolute Gasteiger partial charge is 0.392 e. The Morgan fingerprint density at radius 1 is 1.40 bits per heavy atom. The van der Waals surface area contributed by atoms with Crippen LogP contribution in [0.15, 0.2) is 24.3 Å². The first-order valence-electron chi connectivity index (χ1n) is 6.51. The summed E-state index contributed by atoms with van der Waals surface area (Å²) in [6, 6.07) is 6.42. The molecule has 3 N–H and O–H groups in total. The minimum atomic E-state index is -0.479. The molecule has 0 aromatic heterocycles. The number of hydrogen-bond donors (Lipinski definition) is 3. The molecule has 0 radical (unpaired) electrons. The van der Waals surface area contributed by atoms with E-state index in [-0.39, 0.29) is 11.8 Å². The molecule has 1 fully saturated rings. The Hall–Kier alpha value is -1.92. The minimum Gasteiger partial charge on any atom is -0.392 e. The molecule has 1 saturated heterocycles. The Kier molecular flexibility index (Phi) is 4.36. The van der Waals surface area contributed by atoms with Gasteiger partial charge in [0.2, 0.25) is 5.91 Å². The fourth-order valence-electron chi connectivity index (χ4n) is 2.13. The number of rotatable bonds is 3. The lowest BCUT2D eigenvalue weighted by Gasteiger charge is -2.13. The average molecular weight is 277 g/mol. The third kappa shape index (κ3) is 3.34. The normalized spacial score (nSPS) is 21.6. The van der Waals surface area contributed by atoms with E-state index in [1.165, 1.54) is 4.90 Å². The predicted octanol–water partition coefficient (Wildman–Crippen LogP) is 0.0497. The predicted molar refractivity (Wildman–Crippen MR) is 75.5 cm³/mol. The van der Waals surface area contributed by atoms with Crippen molar-refractivity contribution in [3.63, 3.8) is 0 Å². The topological polar surface area (TPSA) is 81.7 Å². The van der Waals surface area contributed by atoms with Crippen LogP contribution in [0, 0.1) is 0 Å². The Morgan fingerprint density at radius 2 is 2.15 bits per heavy atom. The lowest BCUT2D eigenvalue weighted by Crippen LogP contribution is -2.35. The van der Waals surface area contributed by atoms with Crippen LogP contribution < -0.4 is 10.6 Å². The van der Waals surface area contributed by atoms with Crippen LogP contribution >= 0.6 is 0 Å². The van der Waals surface area contributed by atoms with Gasteiger partial charge in [-0.2, -0.15) is 0 Å². The lowest BCUT2D eigenvalue weighted by molar-refractivity contribution is -0.117. The molecule has 0 spiro atoms. The van der Waals surface area contributed by atoms with Gasteiger partial charge in [0.05, 0.1) is 12.1 Å². The van der Waals surface area contributed by atoms with Crippen molar-refractivity contribution in [2.75, 3.05) is 26.0 Å². The number of β-amino-alcohol motifs (C(OH)–C–C–N with tert-alkyl or cyclic N) is 1. The molecule has 2 atom stereocenters. The number of aliphatic hydroxyl groups excluding tert-OH is 1. The van der Waals surface area contributed by atoms with Crippen LogP contribution in [0.5, 0.6) is 0 Å². The number of benzene rings is 1. The highest BCUT2D eigenvalue weighted by Crippen LogP contribution is 2.14. The van der Waals surface area contributed by atoms with Gasteiger partial charge in [-0.3, -0.25) is 9.59 Å². The van der Waals surface area contributed by atoms with E-state index in [1.54, 1.807) is 38.4 Å². The fourth-order valence-corrected chi connectivity index (χ4v) is 2.13. The second-order valence-electron chi connectivity index (χ2n) is 5.12. The summed E-state index contributed by atoms with van der Waals surface area (Å²) in [5.41, 5.74) is 1.10. The van der Waals surface area contributed by atoms with Gasteiger partial charge in [0.25, 0.3) is 5.91 Å². The lowest BCUT2D eigenvalue weighted by atomic mass is 10.1. The molecule has 1 aromatic rings. The molecule has 0 saturated carbocycles. The second kappa shape index (κ2) is 6.02. The first-order valence-corrected chi connectivity index (χ1v) is 6.51. The van der Waals surface area contributed by atoms with E-state index >= 15 is 0 Å². The van der Waals surface area contributed by atoms with Crippen LogP contribution in [-0.2, 0) is 4.79 Å². The van der Waals surface area contributed by atoms with E-state index in [2.05, 4.69) is 10.6 Å². The molecule has 1 heterocycles. The molecule has 6 heteroatoms. The summed E-state index contributed by atoms with van der Waals surface area (Å²) in [4.78, 5) is 25.3. The summed E-state index contributed by atoms with van der Waals surface area (Å²) in [6.45, 7) is 0.428. The molecular weight excluding hydrogens is 258 g/mol. The van der Waals surface area contributed by atoms with Crippen LogP contribution in [0.3, 0.4) is 0 Å². The van der Waals surface area contributed by atoms with E-state index in [4.69, 9.17) is 0 Å². The van der Waals surface area contributed by atoms with Gasteiger partial charge in [0, 0.05) is 31.9 Å². The summed E-state index contributed by atoms with van der Waals surface area (Å²) >= 11 is 0. The summed E-state index contributed by atoms with van der Waals surface area (Å²) < 4.78 is 0. The Morgan fingerprint density at radius 3 is 2.75 bits per heavy atom. The molecule has 0 aliphatic carbocycles. The van der Waals surface area contributed by atoms with Crippen molar-refractivity contribution in [2.24, 2.45) is 0 Å². The average Bonchev–Trinajstić information content (AvgIpc) is 2.85. The van der Waals surface area contributed by atoms with Gasteiger partial charge < -0.3 is 20.6 Å². The van der Waals surface area contributed by atoms with Gasteiger partial charge in [0.1, 0.15) is 0 Å². The molecule has 20 heavy (non-hydrogen) atoms. The highest BCUT2D eigenvalue weighted by Gasteiger charge is 2.28. The highest BCUT2D eigenvalue weighted by molar-refractivity contribution is 5.98. The number of nitrogens with one attached hydrogen (secondary N) is 2. The number of carbonyl (C=O) groups excluding carboxylic acids is 2. The Balaban J connectivity index is 2.04. The zero-order chi connectivity index (χ0) is 14.7. The smallest absolute Gasteiger partial charge is 0.253 e. The van der Waals surface area contributed by atoms with Crippen molar-refractivity contribution in [1.82, 2.24) is 10.2 Å². The summed E-state index contributed by atoms with van der Waals surface area (Å²) in [7, 11) is 3.36. The molecular formula is C14H19N3O3. The van der Waals surface area contributed by atoms with Crippen molar-refractivity contribution in [2.45, 2.75) is 18.6 Å². The monoisotopic (exact) mass is 277 g/mol. The van der Waals surface area contributed by atoms with Crippen molar-refractivity contribution < 1.29 is 14.7 Å². The summed E-state index contributed by atoms with van der Waals surface area (Å²) in [5.74, 6) is -0.313. The van der Waals surface area contributed by atoms with Gasteiger partial charge in [-0.1, -0.05) is 6.07 Å². The quantitative estimate of drug-likeness (QED) is 0.729. The fraction of sp³-hybridized carbons (Fsp3) is 0.429. The van der Waals surface area contributed by atoms with Crippen LogP contribution in [0.4, 0.5) is 5.69 Å². The Labute approximate surface area is 117 Å². The van der Waals surface area contributed by atoms with Crippen molar-refractivity contribution in [3.05, 3.63) is 29.8 Å². The number of amides is 2. The zero-order valence-electron chi connectivity index (χ0n) is 11.6. The Bertz CT molecular complexity index is 516. The number of anilines is 1. The zero-order valence-corrected chi connectivity index (χ0v) is 11.6. The SMILES string of the molecule is CN(C)C(=O)c1cccc(NC(=O)C2CC(O)CN2)c1. The second-order valence-corrected chi connectivity index (χ2v) is 5.12. The van der Waals surface area contributed by atoms with Gasteiger partial charge in [-0.15, -0.1) is 0 Å². The van der Waals surface area contributed by atoms with Crippen LogP contribution in [-0.4, -0.2) is 54.6 Å². The summed E-state index contributed by atoms with van der Waals surface area (Å²) in [5, 5.41) is 15.1. The molecule has 108 valence electrons. The maximum Gasteiger partial charge on any atom is 0.253 e.